The second kappa shape index (κ2) is 14.3. The van der Waals surface area contributed by atoms with Crippen molar-refractivity contribution in [2.75, 3.05) is 4.90 Å². The van der Waals surface area contributed by atoms with E-state index in [1.165, 1.54) is 11.1 Å². The first-order valence-corrected chi connectivity index (χ1v) is 18.8. The van der Waals surface area contributed by atoms with Crippen molar-refractivity contribution >= 4 is 38.9 Å². The van der Waals surface area contributed by atoms with Crippen LogP contribution in [0.1, 0.15) is 0 Å². The number of para-hydroxylation sites is 3. The zero-order valence-electron chi connectivity index (χ0n) is 30.4. The molecule has 0 unspecified atom stereocenters. The van der Waals surface area contributed by atoms with Crippen molar-refractivity contribution in [3.63, 3.8) is 0 Å². The van der Waals surface area contributed by atoms with Crippen LogP contribution < -0.4 is 4.90 Å². The predicted molar refractivity (Wildman–Crippen MR) is 231 cm³/mol. The summed E-state index contributed by atoms with van der Waals surface area (Å²) in [5.41, 5.74) is 11.6. The Morgan fingerprint density at radius 2 is 0.804 bits per heavy atom. The average molecular weight is 718 g/mol. The molecule has 0 aliphatic carbocycles. The molecular formula is C51H35N5. The summed E-state index contributed by atoms with van der Waals surface area (Å²) in [6.07, 6.45) is 0. The molecule has 5 nitrogen and oxygen atoms in total. The Kier molecular flexibility index (Phi) is 8.43. The molecule has 2 heterocycles. The zero-order valence-corrected chi connectivity index (χ0v) is 30.4. The fourth-order valence-electron chi connectivity index (χ4n) is 7.64. The van der Waals surface area contributed by atoms with Crippen LogP contribution in [-0.2, 0) is 0 Å². The van der Waals surface area contributed by atoms with E-state index in [0.29, 0.717) is 17.6 Å². The Bertz CT molecular complexity index is 2900. The van der Waals surface area contributed by atoms with Crippen molar-refractivity contribution < 1.29 is 0 Å². The van der Waals surface area contributed by atoms with Crippen LogP contribution in [0.5, 0.6) is 0 Å². The Hall–Kier alpha value is -7.63. The van der Waals surface area contributed by atoms with Crippen LogP contribution in [0.2, 0.25) is 0 Å². The summed E-state index contributed by atoms with van der Waals surface area (Å²) in [7, 11) is 0. The lowest BCUT2D eigenvalue weighted by molar-refractivity contribution is 0.953. The Balaban J connectivity index is 1.12. The van der Waals surface area contributed by atoms with Gasteiger partial charge in [-0.1, -0.05) is 164 Å². The molecule has 0 fully saturated rings. The maximum atomic E-state index is 5.27. The summed E-state index contributed by atoms with van der Waals surface area (Å²) in [6, 6.07) is 73.9. The van der Waals surface area contributed by atoms with Crippen molar-refractivity contribution in [3.8, 4) is 51.0 Å². The van der Waals surface area contributed by atoms with Gasteiger partial charge in [-0.2, -0.15) is 9.97 Å². The first-order valence-electron chi connectivity index (χ1n) is 18.8. The third-order valence-corrected chi connectivity index (χ3v) is 10.3. The van der Waals surface area contributed by atoms with Gasteiger partial charge in [0.15, 0.2) is 11.6 Å². The van der Waals surface area contributed by atoms with Gasteiger partial charge in [0, 0.05) is 39.0 Å². The number of rotatable bonds is 8. The van der Waals surface area contributed by atoms with Crippen LogP contribution in [-0.4, -0.2) is 19.5 Å². The molecule has 0 N–H and O–H groups in total. The van der Waals surface area contributed by atoms with E-state index in [2.05, 4.69) is 198 Å². The number of anilines is 3. The highest BCUT2D eigenvalue weighted by molar-refractivity contribution is 6.09. The van der Waals surface area contributed by atoms with Crippen LogP contribution in [0, 0.1) is 0 Å². The van der Waals surface area contributed by atoms with E-state index in [0.717, 1.165) is 61.1 Å². The average Bonchev–Trinajstić information content (AvgIpc) is 3.62. The van der Waals surface area contributed by atoms with E-state index in [9.17, 15) is 0 Å². The molecule has 0 aliphatic heterocycles. The smallest absolute Gasteiger partial charge is 0.238 e. The van der Waals surface area contributed by atoms with Crippen LogP contribution in [0.4, 0.5) is 17.1 Å². The molecule has 10 aromatic rings. The van der Waals surface area contributed by atoms with Crippen LogP contribution in [0.3, 0.4) is 0 Å². The van der Waals surface area contributed by atoms with E-state index in [1.54, 1.807) is 0 Å². The van der Waals surface area contributed by atoms with Crippen molar-refractivity contribution in [1.82, 2.24) is 19.5 Å². The lowest BCUT2D eigenvalue weighted by Crippen LogP contribution is -2.10. The molecule has 264 valence electrons. The lowest BCUT2D eigenvalue weighted by Gasteiger charge is -2.26. The van der Waals surface area contributed by atoms with E-state index < -0.39 is 0 Å². The zero-order chi connectivity index (χ0) is 37.3. The standard InChI is InChI=1S/C51H35N5/c1-4-17-36(18-5-1)37-31-33-41(34-32-37)55(40-22-8-3-9-23-40)42-24-16-21-39(35-42)43-25-10-11-28-46(43)50-52-49(38-19-6-2-7-20-38)53-51(54-50)56-47-29-14-12-26-44(47)45-27-13-15-30-48(45)56/h1-35H. The van der Waals surface area contributed by atoms with Crippen LogP contribution in [0.25, 0.3) is 72.8 Å². The fourth-order valence-corrected chi connectivity index (χ4v) is 7.64. The highest BCUT2D eigenvalue weighted by Gasteiger charge is 2.20. The number of hydrogen-bond acceptors (Lipinski definition) is 4. The molecule has 0 saturated carbocycles. The number of fused-ring (bicyclic) bond motifs is 3. The molecule has 10 rings (SSSR count). The monoisotopic (exact) mass is 717 g/mol. The normalized spacial score (nSPS) is 11.2. The Labute approximate surface area is 325 Å². The molecule has 2 aromatic heterocycles. The van der Waals surface area contributed by atoms with Gasteiger partial charge in [0.2, 0.25) is 5.95 Å². The number of hydrogen-bond donors (Lipinski definition) is 0. The number of nitrogens with zero attached hydrogens (tertiary/aromatic N) is 5. The molecule has 0 bridgehead atoms. The summed E-state index contributed by atoms with van der Waals surface area (Å²) < 4.78 is 2.16. The minimum Gasteiger partial charge on any atom is -0.310 e. The Morgan fingerprint density at radius 1 is 0.321 bits per heavy atom. The third-order valence-electron chi connectivity index (χ3n) is 10.3. The van der Waals surface area contributed by atoms with Gasteiger partial charge < -0.3 is 4.90 Å². The summed E-state index contributed by atoms with van der Waals surface area (Å²) in [5.74, 6) is 1.79. The van der Waals surface area contributed by atoms with E-state index >= 15 is 0 Å². The van der Waals surface area contributed by atoms with Gasteiger partial charge in [-0.3, -0.25) is 4.57 Å². The lowest BCUT2D eigenvalue weighted by atomic mass is 9.98. The number of benzene rings is 8. The predicted octanol–water partition coefficient (Wildman–Crippen LogP) is 13.1. The highest BCUT2D eigenvalue weighted by atomic mass is 15.2. The van der Waals surface area contributed by atoms with E-state index in [4.69, 9.17) is 15.0 Å². The minimum absolute atomic E-state index is 0.573. The van der Waals surface area contributed by atoms with E-state index in [1.807, 2.05) is 24.3 Å². The molecular weight excluding hydrogens is 683 g/mol. The molecule has 0 saturated heterocycles. The van der Waals surface area contributed by atoms with Gasteiger partial charge in [-0.15, -0.1) is 0 Å². The van der Waals surface area contributed by atoms with Crippen molar-refractivity contribution in [3.05, 3.63) is 212 Å². The molecule has 0 atom stereocenters. The summed E-state index contributed by atoms with van der Waals surface area (Å²) in [5, 5.41) is 2.31. The second-order valence-corrected chi connectivity index (χ2v) is 13.7. The molecule has 0 spiro atoms. The maximum Gasteiger partial charge on any atom is 0.238 e. The van der Waals surface area contributed by atoms with E-state index in [-0.39, 0.29) is 0 Å². The van der Waals surface area contributed by atoms with Crippen LogP contribution >= 0.6 is 0 Å². The van der Waals surface area contributed by atoms with Gasteiger partial charge in [0.05, 0.1) is 11.0 Å². The van der Waals surface area contributed by atoms with Gasteiger partial charge in [0.1, 0.15) is 0 Å². The molecule has 0 amide bonds. The SMILES string of the molecule is c1ccc(-c2ccc(N(c3ccccc3)c3cccc(-c4ccccc4-c4nc(-c5ccccc5)nc(-n5c6ccccc6c6ccccc65)n4)c3)cc2)cc1. The molecule has 5 heteroatoms. The summed E-state index contributed by atoms with van der Waals surface area (Å²) in [6.45, 7) is 0. The van der Waals surface area contributed by atoms with Gasteiger partial charge in [-0.05, 0) is 70.8 Å². The summed E-state index contributed by atoms with van der Waals surface area (Å²) in [4.78, 5) is 17.9. The molecule has 0 aliphatic rings. The van der Waals surface area contributed by atoms with Gasteiger partial charge in [0.25, 0.3) is 0 Å². The highest BCUT2D eigenvalue weighted by Crippen LogP contribution is 2.40. The van der Waals surface area contributed by atoms with Crippen molar-refractivity contribution in [2.24, 2.45) is 0 Å². The second-order valence-electron chi connectivity index (χ2n) is 13.7. The van der Waals surface area contributed by atoms with Crippen LogP contribution in [0.15, 0.2) is 212 Å². The minimum atomic E-state index is 0.573. The Morgan fingerprint density at radius 3 is 1.48 bits per heavy atom. The van der Waals surface area contributed by atoms with Gasteiger partial charge in [-0.25, -0.2) is 4.98 Å². The number of aromatic nitrogens is 4. The fraction of sp³-hybridized carbons (Fsp3) is 0. The first kappa shape index (κ1) is 33.0. The molecule has 8 aromatic carbocycles. The van der Waals surface area contributed by atoms with Crippen molar-refractivity contribution in [1.29, 1.82) is 0 Å². The molecule has 56 heavy (non-hydrogen) atoms. The quantitative estimate of drug-likeness (QED) is 0.157. The first-order chi connectivity index (χ1) is 27.8. The third kappa shape index (κ3) is 6.07. The molecule has 0 radical (unpaired) electrons. The largest absolute Gasteiger partial charge is 0.310 e. The topological polar surface area (TPSA) is 46.8 Å². The summed E-state index contributed by atoms with van der Waals surface area (Å²) >= 11 is 0. The van der Waals surface area contributed by atoms with Gasteiger partial charge >= 0.3 is 0 Å². The maximum absolute atomic E-state index is 5.27. The van der Waals surface area contributed by atoms with Crippen molar-refractivity contribution in [2.45, 2.75) is 0 Å².